The Hall–Kier alpha value is -0.570. The van der Waals surface area contributed by atoms with Crippen LogP contribution in [0.1, 0.15) is 19.8 Å². The van der Waals surface area contributed by atoms with E-state index >= 15 is 0 Å². The molecule has 1 rings (SSSR count). The maximum atomic E-state index is 10.8. The molecule has 58 valence electrons. The van der Waals surface area contributed by atoms with Crippen molar-refractivity contribution < 1.29 is 9.53 Å². The normalized spacial score (nSPS) is 24.9. The fraction of sp³-hybridized carbons (Fsp3) is 0.857. The number of carbonyl (C=O) groups excluding carboxylic acids is 1. The first-order valence-corrected chi connectivity index (χ1v) is 3.74. The lowest BCUT2D eigenvalue weighted by Crippen LogP contribution is -2.33. The molecule has 3 heteroatoms. The lowest BCUT2D eigenvalue weighted by atomic mass is 10.2. The molecule has 1 atom stereocenters. The monoisotopic (exact) mass is 143 g/mol. The van der Waals surface area contributed by atoms with Crippen LogP contribution in [0.25, 0.3) is 0 Å². The summed E-state index contributed by atoms with van der Waals surface area (Å²) in [5.41, 5.74) is 0. The zero-order chi connectivity index (χ0) is 7.40. The van der Waals surface area contributed by atoms with Gasteiger partial charge in [-0.3, -0.25) is 4.79 Å². The molecule has 0 aromatic rings. The molecule has 0 aromatic heterocycles. The van der Waals surface area contributed by atoms with Crippen molar-refractivity contribution in [3.63, 3.8) is 0 Å². The summed E-state index contributed by atoms with van der Waals surface area (Å²) in [6.45, 7) is 3.56. The number of nitrogens with one attached hydrogen (secondary N) is 1. The average Bonchev–Trinajstić information content (AvgIpc) is 2.31. The first kappa shape index (κ1) is 7.54. The number of cyclic esters (lactones) is 1. The molecule has 0 aromatic carbocycles. The van der Waals surface area contributed by atoms with Crippen molar-refractivity contribution in [2.24, 2.45) is 0 Å². The van der Waals surface area contributed by atoms with Crippen molar-refractivity contribution in [3.8, 4) is 0 Å². The minimum absolute atomic E-state index is 0.0278. The number of carbonyl (C=O) groups is 1. The molecule has 0 saturated carbocycles. The van der Waals surface area contributed by atoms with E-state index in [0.717, 1.165) is 19.4 Å². The Morgan fingerprint density at radius 2 is 2.60 bits per heavy atom. The van der Waals surface area contributed by atoms with E-state index in [0.29, 0.717) is 6.61 Å². The Labute approximate surface area is 60.7 Å². The lowest BCUT2D eigenvalue weighted by Gasteiger charge is -2.05. The highest BCUT2D eigenvalue weighted by Crippen LogP contribution is 2.04. The smallest absolute Gasteiger partial charge is 0.323 e. The predicted molar refractivity (Wildman–Crippen MR) is 37.7 cm³/mol. The van der Waals surface area contributed by atoms with Crippen LogP contribution in [0.3, 0.4) is 0 Å². The molecule has 0 radical (unpaired) electrons. The molecular weight excluding hydrogens is 130 g/mol. The van der Waals surface area contributed by atoms with Crippen LogP contribution in [0.5, 0.6) is 0 Å². The van der Waals surface area contributed by atoms with Gasteiger partial charge in [-0.2, -0.15) is 0 Å². The van der Waals surface area contributed by atoms with Gasteiger partial charge < -0.3 is 10.1 Å². The number of hydrogen-bond donors (Lipinski definition) is 1. The van der Waals surface area contributed by atoms with Gasteiger partial charge in [-0.1, -0.05) is 6.92 Å². The van der Waals surface area contributed by atoms with Crippen LogP contribution in [0.2, 0.25) is 0 Å². The van der Waals surface area contributed by atoms with E-state index in [-0.39, 0.29) is 12.0 Å². The summed E-state index contributed by atoms with van der Waals surface area (Å²) in [7, 11) is 0. The van der Waals surface area contributed by atoms with Crippen LogP contribution in [0, 0.1) is 0 Å². The van der Waals surface area contributed by atoms with Gasteiger partial charge in [0, 0.05) is 6.42 Å². The highest BCUT2D eigenvalue weighted by molar-refractivity contribution is 5.77. The zero-order valence-electron chi connectivity index (χ0n) is 6.22. The molecule has 1 unspecified atom stereocenters. The number of hydrogen-bond acceptors (Lipinski definition) is 3. The first-order chi connectivity index (χ1) is 4.84. The van der Waals surface area contributed by atoms with Crippen LogP contribution in [0.15, 0.2) is 0 Å². The van der Waals surface area contributed by atoms with Crippen molar-refractivity contribution in [1.82, 2.24) is 5.32 Å². The molecule has 1 saturated heterocycles. The molecule has 1 fully saturated rings. The highest BCUT2D eigenvalue weighted by Gasteiger charge is 2.24. The van der Waals surface area contributed by atoms with E-state index in [1.165, 1.54) is 0 Å². The summed E-state index contributed by atoms with van der Waals surface area (Å²) in [6.07, 6.45) is 1.89. The number of rotatable bonds is 3. The second-order valence-electron chi connectivity index (χ2n) is 2.46. The second kappa shape index (κ2) is 3.56. The molecule has 0 spiro atoms. The van der Waals surface area contributed by atoms with Gasteiger partial charge in [-0.15, -0.1) is 0 Å². The summed E-state index contributed by atoms with van der Waals surface area (Å²) in [5, 5.41) is 3.11. The summed E-state index contributed by atoms with van der Waals surface area (Å²) in [4.78, 5) is 10.8. The van der Waals surface area contributed by atoms with Gasteiger partial charge in [-0.25, -0.2) is 0 Å². The van der Waals surface area contributed by atoms with E-state index in [9.17, 15) is 4.79 Å². The fourth-order valence-corrected chi connectivity index (χ4v) is 1.000. The van der Waals surface area contributed by atoms with Gasteiger partial charge in [0.15, 0.2) is 0 Å². The standard InChI is InChI=1S/C7H13NO2/c1-2-4-8-6-3-5-10-7(6)9/h6,8H,2-5H2,1H3. The predicted octanol–water partition coefficient (Wildman–Crippen LogP) is 0.301. The van der Waals surface area contributed by atoms with Gasteiger partial charge >= 0.3 is 5.97 Å². The number of ether oxygens (including phenoxy) is 1. The summed E-state index contributed by atoms with van der Waals surface area (Å²) < 4.78 is 4.76. The largest absolute Gasteiger partial charge is 0.464 e. The van der Waals surface area contributed by atoms with Crippen LogP contribution in [-0.4, -0.2) is 25.2 Å². The zero-order valence-corrected chi connectivity index (χ0v) is 6.22. The van der Waals surface area contributed by atoms with Gasteiger partial charge in [-0.05, 0) is 13.0 Å². The molecule has 10 heavy (non-hydrogen) atoms. The third kappa shape index (κ3) is 1.70. The van der Waals surface area contributed by atoms with Crippen LogP contribution >= 0.6 is 0 Å². The summed E-state index contributed by atoms with van der Waals surface area (Å²) in [5.74, 6) is -0.0894. The summed E-state index contributed by atoms with van der Waals surface area (Å²) >= 11 is 0. The van der Waals surface area contributed by atoms with E-state index < -0.39 is 0 Å². The van der Waals surface area contributed by atoms with Crippen molar-refractivity contribution in [3.05, 3.63) is 0 Å². The lowest BCUT2D eigenvalue weighted by molar-refractivity contribution is -0.139. The van der Waals surface area contributed by atoms with Gasteiger partial charge in [0.2, 0.25) is 0 Å². The molecule has 1 heterocycles. The van der Waals surface area contributed by atoms with Gasteiger partial charge in [0.1, 0.15) is 6.04 Å². The van der Waals surface area contributed by atoms with E-state index in [2.05, 4.69) is 12.2 Å². The maximum Gasteiger partial charge on any atom is 0.323 e. The van der Waals surface area contributed by atoms with E-state index in [4.69, 9.17) is 4.74 Å². The maximum absolute atomic E-state index is 10.8. The van der Waals surface area contributed by atoms with Gasteiger partial charge in [0.05, 0.1) is 6.61 Å². The van der Waals surface area contributed by atoms with Crippen molar-refractivity contribution in [1.29, 1.82) is 0 Å². The van der Waals surface area contributed by atoms with Crippen LogP contribution < -0.4 is 5.32 Å². The van der Waals surface area contributed by atoms with Crippen molar-refractivity contribution in [2.45, 2.75) is 25.8 Å². The first-order valence-electron chi connectivity index (χ1n) is 3.74. The Morgan fingerprint density at radius 1 is 1.80 bits per heavy atom. The molecule has 0 bridgehead atoms. The van der Waals surface area contributed by atoms with Crippen molar-refractivity contribution in [2.75, 3.05) is 13.2 Å². The van der Waals surface area contributed by atoms with Crippen LogP contribution in [0.4, 0.5) is 0 Å². The fourth-order valence-electron chi connectivity index (χ4n) is 1.000. The summed E-state index contributed by atoms with van der Waals surface area (Å²) in [6, 6.07) is -0.0278. The highest BCUT2D eigenvalue weighted by atomic mass is 16.5. The van der Waals surface area contributed by atoms with Crippen LogP contribution in [-0.2, 0) is 9.53 Å². The number of esters is 1. The molecule has 0 aliphatic carbocycles. The van der Waals surface area contributed by atoms with Crippen molar-refractivity contribution >= 4 is 5.97 Å². The second-order valence-corrected chi connectivity index (χ2v) is 2.46. The topological polar surface area (TPSA) is 38.3 Å². The van der Waals surface area contributed by atoms with E-state index in [1.54, 1.807) is 0 Å². The quantitative estimate of drug-likeness (QED) is 0.577. The minimum Gasteiger partial charge on any atom is -0.464 e. The minimum atomic E-state index is -0.0894. The Kier molecular flexibility index (Phi) is 2.68. The third-order valence-electron chi connectivity index (χ3n) is 1.58. The average molecular weight is 143 g/mol. The SMILES string of the molecule is CCCNC1CCOC1=O. The Balaban J connectivity index is 2.20. The molecular formula is C7H13NO2. The Morgan fingerprint density at radius 3 is 3.10 bits per heavy atom. The van der Waals surface area contributed by atoms with Gasteiger partial charge in [0.25, 0.3) is 0 Å². The molecule has 1 aliphatic heterocycles. The molecule has 3 nitrogen and oxygen atoms in total. The Bertz CT molecular complexity index is 125. The van der Waals surface area contributed by atoms with E-state index in [1.807, 2.05) is 0 Å². The molecule has 1 N–H and O–H groups in total. The molecule has 1 aliphatic rings. The third-order valence-corrected chi connectivity index (χ3v) is 1.58. The molecule has 0 amide bonds.